The van der Waals surface area contributed by atoms with Gasteiger partial charge in [-0.25, -0.2) is 0 Å². The Bertz CT molecular complexity index is 343. The maximum Gasteiger partial charge on any atom is 0.233 e. The van der Waals surface area contributed by atoms with Crippen LogP contribution in [-0.4, -0.2) is 52.2 Å². The molecule has 0 N–H and O–H groups in total. The Morgan fingerprint density at radius 1 is 1.23 bits per heavy atom. The molecular weight excluding hydrogens is 280 g/mol. The second-order valence-electron chi connectivity index (χ2n) is 7.03. The van der Waals surface area contributed by atoms with E-state index in [1.165, 1.54) is 12.8 Å². The lowest BCUT2D eigenvalue weighted by Crippen LogP contribution is -2.46. The lowest BCUT2D eigenvalue weighted by atomic mass is 10.0. The molecule has 1 aliphatic rings. The first-order valence-corrected chi connectivity index (χ1v) is 8.69. The average molecular weight is 314 g/mol. The van der Waals surface area contributed by atoms with Gasteiger partial charge in [-0.15, -0.1) is 5.01 Å². The highest BCUT2D eigenvalue weighted by Gasteiger charge is 2.28. The first-order valence-electron chi connectivity index (χ1n) is 8.69. The smallest absolute Gasteiger partial charge is 0.233 e. The second-order valence-corrected chi connectivity index (χ2v) is 7.03. The molecule has 0 radical (unpaired) electrons. The summed E-state index contributed by atoms with van der Waals surface area (Å²) in [6.45, 7) is 15.1. The molecule has 0 aromatic heterocycles. The van der Waals surface area contributed by atoms with Gasteiger partial charge in [-0.05, 0) is 53.4 Å². The van der Waals surface area contributed by atoms with Crippen LogP contribution in [-0.2, 0) is 4.84 Å². The van der Waals surface area contributed by atoms with E-state index in [4.69, 9.17) is 4.84 Å². The van der Waals surface area contributed by atoms with Gasteiger partial charge in [-0.2, -0.15) is 0 Å². The molecule has 0 amide bonds. The van der Waals surface area contributed by atoms with Crippen molar-refractivity contribution in [3.05, 3.63) is 5.21 Å². The molecule has 0 bridgehead atoms. The standard InChI is InChI=1S/C16H34N4O2/c1-7-14(8-2)18-12-10-15(11-13-18)22-17-20(21)19(9-3)16(4,5)6/h14-15H,7-13H2,1-6H3/b20-17+. The van der Waals surface area contributed by atoms with Gasteiger partial charge in [0.05, 0.1) is 17.1 Å². The zero-order valence-corrected chi connectivity index (χ0v) is 15.2. The minimum atomic E-state index is -0.262. The molecule has 0 aliphatic carbocycles. The zero-order valence-electron chi connectivity index (χ0n) is 15.2. The van der Waals surface area contributed by atoms with Crippen molar-refractivity contribution in [3.8, 4) is 0 Å². The van der Waals surface area contributed by atoms with Crippen LogP contribution >= 0.6 is 0 Å². The highest BCUT2D eigenvalue weighted by atomic mass is 16.7. The van der Waals surface area contributed by atoms with Crippen LogP contribution in [0.4, 0.5) is 0 Å². The molecule has 0 aromatic rings. The van der Waals surface area contributed by atoms with E-state index in [1.54, 1.807) is 5.01 Å². The van der Waals surface area contributed by atoms with Crippen LogP contribution < -0.4 is 0 Å². The molecule has 0 saturated carbocycles. The molecule has 0 spiro atoms. The fourth-order valence-electron chi connectivity index (χ4n) is 3.15. The molecule has 6 heteroatoms. The van der Waals surface area contributed by atoms with Crippen molar-refractivity contribution in [3.63, 3.8) is 0 Å². The Morgan fingerprint density at radius 2 is 1.77 bits per heavy atom. The fraction of sp³-hybridized carbons (Fsp3) is 1.00. The number of hydrazine groups is 1. The Morgan fingerprint density at radius 3 is 2.18 bits per heavy atom. The summed E-state index contributed by atoms with van der Waals surface area (Å²) < 4.78 is 0. The second kappa shape index (κ2) is 8.56. The summed E-state index contributed by atoms with van der Waals surface area (Å²) in [5.74, 6) is 0. The van der Waals surface area contributed by atoms with Crippen molar-refractivity contribution in [2.75, 3.05) is 19.6 Å². The van der Waals surface area contributed by atoms with Gasteiger partial charge in [-0.3, -0.25) is 0 Å². The van der Waals surface area contributed by atoms with Gasteiger partial charge in [-0.1, -0.05) is 13.8 Å². The Labute approximate surface area is 135 Å². The van der Waals surface area contributed by atoms with E-state index in [-0.39, 0.29) is 11.6 Å². The highest BCUT2D eigenvalue weighted by molar-refractivity contribution is 4.77. The number of hydrogen-bond donors (Lipinski definition) is 0. The highest BCUT2D eigenvalue weighted by Crippen LogP contribution is 2.19. The molecule has 1 rings (SSSR count). The maximum absolute atomic E-state index is 12.1. The molecule has 1 fully saturated rings. The maximum atomic E-state index is 12.1. The van der Waals surface area contributed by atoms with E-state index >= 15 is 0 Å². The summed E-state index contributed by atoms with van der Waals surface area (Å²) in [5, 5.41) is 17.5. The third-order valence-electron chi connectivity index (χ3n) is 4.48. The summed E-state index contributed by atoms with van der Waals surface area (Å²) >= 11 is 0. The minimum Gasteiger partial charge on any atom is -0.569 e. The summed E-state index contributed by atoms with van der Waals surface area (Å²) in [6.07, 6.45) is 4.32. The van der Waals surface area contributed by atoms with Gasteiger partial charge in [0.1, 0.15) is 6.10 Å². The largest absolute Gasteiger partial charge is 0.569 e. The molecule has 0 atom stereocenters. The third-order valence-corrected chi connectivity index (χ3v) is 4.48. The normalized spacial score (nSPS) is 18.8. The molecular formula is C16H34N4O2. The number of likely N-dealkylation sites (tertiary alicyclic amines) is 1. The molecule has 1 heterocycles. The molecule has 22 heavy (non-hydrogen) atoms. The number of hydrogen-bond acceptors (Lipinski definition) is 4. The van der Waals surface area contributed by atoms with Crippen molar-refractivity contribution in [2.24, 2.45) is 5.28 Å². The van der Waals surface area contributed by atoms with E-state index in [1.807, 2.05) is 27.7 Å². The minimum absolute atomic E-state index is 0.0562. The number of nitrogens with zero attached hydrogens (tertiary/aromatic N) is 4. The molecule has 1 aliphatic heterocycles. The van der Waals surface area contributed by atoms with Crippen LogP contribution in [0.5, 0.6) is 0 Å². The van der Waals surface area contributed by atoms with Crippen molar-refractivity contribution in [1.82, 2.24) is 9.91 Å². The van der Waals surface area contributed by atoms with Crippen molar-refractivity contribution in [2.45, 2.75) is 84.9 Å². The van der Waals surface area contributed by atoms with Gasteiger partial charge in [0.25, 0.3) is 0 Å². The lowest BCUT2D eigenvalue weighted by Gasteiger charge is -2.35. The van der Waals surface area contributed by atoms with Gasteiger partial charge >= 0.3 is 0 Å². The van der Waals surface area contributed by atoms with Crippen molar-refractivity contribution >= 4 is 0 Å². The van der Waals surface area contributed by atoms with Crippen LogP contribution in [0.1, 0.15) is 67.2 Å². The first-order chi connectivity index (χ1) is 10.3. The monoisotopic (exact) mass is 314 g/mol. The molecule has 1 saturated heterocycles. The molecule has 0 unspecified atom stereocenters. The zero-order chi connectivity index (χ0) is 16.8. The van der Waals surface area contributed by atoms with E-state index < -0.39 is 0 Å². The predicted octanol–water partition coefficient (Wildman–Crippen LogP) is 3.57. The predicted molar refractivity (Wildman–Crippen MR) is 88.2 cm³/mol. The Hall–Kier alpha value is -1.04. The molecule has 6 nitrogen and oxygen atoms in total. The van der Waals surface area contributed by atoms with Crippen LogP contribution in [0.3, 0.4) is 0 Å². The van der Waals surface area contributed by atoms with Gasteiger partial charge in [0.2, 0.25) is 5.28 Å². The number of rotatable bonds is 7. The van der Waals surface area contributed by atoms with E-state index in [0.29, 0.717) is 17.6 Å². The lowest BCUT2D eigenvalue weighted by molar-refractivity contribution is -0.725. The van der Waals surface area contributed by atoms with Crippen LogP contribution in [0.25, 0.3) is 0 Å². The van der Waals surface area contributed by atoms with Crippen LogP contribution in [0, 0.1) is 5.21 Å². The Balaban J connectivity index is 2.48. The van der Waals surface area contributed by atoms with Gasteiger partial charge in [0, 0.05) is 19.1 Å². The Kier molecular flexibility index (Phi) is 7.39. The summed E-state index contributed by atoms with van der Waals surface area (Å²) in [4.78, 5) is 8.62. The van der Waals surface area contributed by atoms with Crippen molar-refractivity contribution < 1.29 is 9.81 Å². The van der Waals surface area contributed by atoms with E-state index in [9.17, 15) is 5.21 Å². The van der Waals surface area contributed by atoms with Crippen LogP contribution in [0.2, 0.25) is 0 Å². The first kappa shape index (κ1) is 19.0. The van der Waals surface area contributed by atoms with E-state index in [0.717, 1.165) is 25.9 Å². The van der Waals surface area contributed by atoms with E-state index in [2.05, 4.69) is 24.0 Å². The van der Waals surface area contributed by atoms with Crippen LogP contribution in [0.15, 0.2) is 5.28 Å². The SMILES string of the molecule is CCC(CC)N1CCC(O/N=[N+](/[O-])N(CC)C(C)(C)C)CC1. The van der Waals surface area contributed by atoms with Gasteiger partial charge in [0.15, 0.2) is 0 Å². The fourth-order valence-corrected chi connectivity index (χ4v) is 3.15. The quantitative estimate of drug-likeness (QED) is 0.409. The molecule has 0 aromatic carbocycles. The average Bonchev–Trinajstić information content (AvgIpc) is 2.47. The topological polar surface area (TPSA) is 54.1 Å². The van der Waals surface area contributed by atoms with Crippen molar-refractivity contribution in [1.29, 1.82) is 0 Å². The summed E-state index contributed by atoms with van der Waals surface area (Å²) in [7, 11) is 0. The summed E-state index contributed by atoms with van der Waals surface area (Å²) in [5.41, 5.74) is -0.262. The third kappa shape index (κ3) is 5.30. The number of piperidine rings is 1. The summed E-state index contributed by atoms with van der Waals surface area (Å²) in [6, 6.07) is 0.672. The van der Waals surface area contributed by atoms with Gasteiger partial charge < -0.3 is 14.9 Å². The molecule has 130 valence electrons.